The van der Waals surface area contributed by atoms with Crippen molar-refractivity contribution in [2.75, 3.05) is 13.2 Å². The fourth-order valence-electron chi connectivity index (χ4n) is 3.28. The first-order valence-electron chi connectivity index (χ1n) is 9.48. The zero-order valence-electron chi connectivity index (χ0n) is 15.5. The van der Waals surface area contributed by atoms with E-state index in [0.717, 1.165) is 37.7 Å². The van der Waals surface area contributed by atoms with Crippen molar-refractivity contribution in [3.63, 3.8) is 0 Å². The highest BCUT2D eigenvalue weighted by molar-refractivity contribution is 6.31. The summed E-state index contributed by atoms with van der Waals surface area (Å²) < 4.78 is 5.50. The number of halogens is 1. The summed E-state index contributed by atoms with van der Waals surface area (Å²) in [4.78, 5) is 25.1. The summed E-state index contributed by atoms with van der Waals surface area (Å²) in [5, 5.41) is 6.55. The van der Waals surface area contributed by atoms with Crippen molar-refractivity contribution < 1.29 is 14.3 Å². The molecule has 6 heteroatoms. The number of ether oxygens (including phenoxy) is 1. The van der Waals surface area contributed by atoms with Gasteiger partial charge in [-0.15, -0.1) is 0 Å². The van der Waals surface area contributed by atoms with Gasteiger partial charge in [0.15, 0.2) is 0 Å². The molecule has 1 fully saturated rings. The van der Waals surface area contributed by atoms with Crippen LogP contribution >= 0.6 is 11.6 Å². The molecule has 2 N–H and O–H groups in total. The first-order chi connectivity index (χ1) is 12.6. The number of nitrogens with one attached hydrogen (secondary N) is 2. The Bertz CT molecular complexity index is 600. The van der Waals surface area contributed by atoms with E-state index in [2.05, 4.69) is 17.6 Å². The van der Waals surface area contributed by atoms with Crippen molar-refractivity contribution in [3.05, 3.63) is 34.9 Å². The van der Waals surface area contributed by atoms with E-state index in [9.17, 15) is 9.59 Å². The highest BCUT2D eigenvalue weighted by Crippen LogP contribution is 2.28. The normalized spacial score (nSPS) is 16.1. The summed E-state index contributed by atoms with van der Waals surface area (Å²) in [6.45, 7) is 2.91. The molecule has 0 saturated heterocycles. The molecule has 0 heterocycles. The fraction of sp³-hybridized carbons (Fsp3) is 0.600. The summed E-state index contributed by atoms with van der Waals surface area (Å²) >= 11 is 6.09. The van der Waals surface area contributed by atoms with E-state index in [0.29, 0.717) is 24.4 Å². The van der Waals surface area contributed by atoms with Crippen LogP contribution in [-0.4, -0.2) is 30.5 Å². The largest absolute Gasteiger partial charge is 0.367 e. The lowest BCUT2D eigenvalue weighted by Gasteiger charge is -2.36. The standard InChI is InChI=1S/C20H29ClN2O3/c1-2-3-13-22-19(25)20(11-7-4-8-12-20)23-18(24)15-26-14-16-9-5-6-10-17(16)21/h5-6,9-10H,2-4,7-8,11-15H2,1H3,(H,22,25)(H,23,24). The monoisotopic (exact) mass is 380 g/mol. The number of carbonyl (C=O) groups excluding carboxylic acids is 2. The minimum absolute atomic E-state index is 0.0647. The van der Waals surface area contributed by atoms with Crippen molar-refractivity contribution in [1.82, 2.24) is 10.6 Å². The van der Waals surface area contributed by atoms with Crippen molar-refractivity contribution in [2.24, 2.45) is 0 Å². The number of rotatable bonds is 9. The lowest BCUT2D eigenvalue weighted by atomic mass is 9.80. The van der Waals surface area contributed by atoms with Crippen LogP contribution in [0.25, 0.3) is 0 Å². The SMILES string of the molecule is CCCCNC(=O)C1(NC(=O)COCc2ccccc2Cl)CCCCC1. The van der Waals surface area contributed by atoms with Gasteiger partial charge in [0.1, 0.15) is 12.1 Å². The highest BCUT2D eigenvalue weighted by Gasteiger charge is 2.40. The van der Waals surface area contributed by atoms with Crippen LogP contribution in [0.2, 0.25) is 5.02 Å². The molecule has 1 aliphatic rings. The average molecular weight is 381 g/mol. The molecule has 26 heavy (non-hydrogen) atoms. The Kier molecular flexibility index (Phi) is 8.39. The second-order valence-corrected chi connectivity index (χ2v) is 7.29. The molecule has 2 rings (SSSR count). The highest BCUT2D eigenvalue weighted by atomic mass is 35.5. The number of hydrogen-bond donors (Lipinski definition) is 2. The Morgan fingerprint density at radius 3 is 2.62 bits per heavy atom. The Hall–Kier alpha value is -1.59. The third-order valence-electron chi connectivity index (χ3n) is 4.78. The molecule has 1 aliphatic carbocycles. The Balaban J connectivity index is 1.87. The lowest BCUT2D eigenvalue weighted by Crippen LogP contribution is -2.60. The van der Waals surface area contributed by atoms with Gasteiger partial charge in [-0.1, -0.05) is 62.4 Å². The van der Waals surface area contributed by atoms with E-state index in [4.69, 9.17) is 16.3 Å². The van der Waals surface area contributed by atoms with E-state index < -0.39 is 5.54 Å². The van der Waals surface area contributed by atoms with Crippen LogP contribution in [0.1, 0.15) is 57.4 Å². The van der Waals surface area contributed by atoms with Crippen LogP contribution in [0.5, 0.6) is 0 Å². The van der Waals surface area contributed by atoms with Gasteiger partial charge in [-0.3, -0.25) is 9.59 Å². The van der Waals surface area contributed by atoms with Crippen molar-refractivity contribution in [3.8, 4) is 0 Å². The predicted octanol–water partition coefficient (Wildman–Crippen LogP) is 3.59. The molecule has 1 aromatic rings. The number of hydrogen-bond acceptors (Lipinski definition) is 3. The zero-order chi connectivity index (χ0) is 18.8. The fourth-order valence-corrected chi connectivity index (χ4v) is 3.47. The van der Waals surface area contributed by atoms with Crippen molar-refractivity contribution in [2.45, 2.75) is 64.0 Å². The van der Waals surface area contributed by atoms with Gasteiger partial charge in [0, 0.05) is 11.6 Å². The second kappa shape index (κ2) is 10.5. The van der Waals surface area contributed by atoms with E-state index in [1.807, 2.05) is 18.2 Å². The molecular weight excluding hydrogens is 352 g/mol. The van der Waals surface area contributed by atoms with Gasteiger partial charge in [-0.25, -0.2) is 0 Å². The van der Waals surface area contributed by atoms with Gasteiger partial charge >= 0.3 is 0 Å². The number of unbranched alkanes of at least 4 members (excludes halogenated alkanes) is 1. The summed E-state index contributed by atoms with van der Waals surface area (Å²) in [7, 11) is 0. The minimum Gasteiger partial charge on any atom is -0.367 e. The maximum Gasteiger partial charge on any atom is 0.246 e. The van der Waals surface area contributed by atoms with E-state index in [-0.39, 0.29) is 25.0 Å². The quantitative estimate of drug-likeness (QED) is 0.643. The maximum absolute atomic E-state index is 12.7. The molecule has 0 aromatic heterocycles. The third-order valence-corrected chi connectivity index (χ3v) is 5.15. The van der Waals surface area contributed by atoms with Crippen LogP contribution in [0.4, 0.5) is 0 Å². The minimum atomic E-state index is -0.795. The maximum atomic E-state index is 12.7. The summed E-state index contributed by atoms with van der Waals surface area (Å²) in [5.74, 6) is -0.324. The van der Waals surface area contributed by atoms with Crippen molar-refractivity contribution in [1.29, 1.82) is 0 Å². The van der Waals surface area contributed by atoms with E-state index in [1.165, 1.54) is 0 Å². The molecule has 144 valence electrons. The van der Waals surface area contributed by atoms with Gasteiger partial charge in [0.25, 0.3) is 0 Å². The molecule has 1 aromatic carbocycles. The number of carbonyl (C=O) groups is 2. The number of benzene rings is 1. The molecule has 1 saturated carbocycles. The number of amides is 2. The molecule has 0 radical (unpaired) electrons. The molecule has 0 atom stereocenters. The van der Waals surface area contributed by atoms with Crippen LogP contribution in [0.15, 0.2) is 24.3 Å². The van der Waals surface area contributed by atoms with E-state index in [1.54, 1.807) is 6.07 Å². The second-order valence-electron chi connectivity index (χ2n) is 6.88. The third kappa shape index (κ3) is 5.99. The molecule has 5 nitrogen and oxygen atoms in total. The first kappa shape index (κ1) is 20.7. The van der Waals surface area contributed by atoms with Crippen molar-refractivity contribution >= 4 is 23.4 Å². The molecule has 0 bridgehead atoms. The van der Waals surface area contributed by atoms with Crippen LogP contribution in [0.3, 0.4) is 0 Å². The topological polar surface area (TPSA) is 67.4 Å². The summed E-state index contributed by atoms with van der Waals surface area (Å²) in [6, 6.07) is 7.38. The van der Waals surface area contributed by atoms with Gasteiger partial charge in [-0.2, -0.15) is 0 Å². The van der Waals surface area contributed by atoms with Gasteiger partial charge in [0.2, 0.25) is 11.8 Å². The summed E-state index contributed by atoms with van der Waals surface area (Å²) in [5.41, 5.74) is 0.0447. The summed E-state index contributed by atoms with van der Waals surface area (Å²) in [6.07, 6.45) is 6.32. The van der Waals surface area contributed by atoms with Gasteiger partial charge in [-0.05, 0) is 30.9 Å². The van der Waals surface area contributed by atoms with E-state index >= 15 is 0 Å². The van der Waals surface area contributed by atoms with Crippen LogP contribution in [0, 0.1) is 0 Å². The molecular formula is C20H29ClN2O3. The first-order valence-corrected chi connectivity index (χ1v) is 9.85. The molecule has 2 amide bonds. The molecule has 0 unspecified atom stereocenters. The Morgan fingerprint density at radius 1 is 1.19 bits per heavy atom. The lowest BCUT2D eigenvalue weighted by molar-refractivity contribution is -0.137. The van der Waals surface area contributed by atoms with Gasteiger partial charge < -0.3 is 15.4 Å². The zero-order valence-corrected chi connectivity index (χ0v) is 16.2. The predicted molar refractivity (Wildman–Crippen MR) is 103 cm³/mol. The molecule has 0 spiro atoms. The van der Waals surface area contributed by atoms with Crippen LogP contribution < -0.4 is 10.6 Å². The smallest absolute Gasteiger partial charge is 0.246 e. The Labute approximate surface area is 160 Å². The Morgan fingerprint density at radius 2 is 1.92 bits per heavy atom. The molecule has 0 aliphatic heterocycles. The van der Waals surface area contributed by atoms with Crippen LogP contribution in [-0.2, 0) is 20.9 Å². The van der Waals surface area contributed by atoms with Gasteiger partial charge in [0.05, 0.1) is 6.61 Å². The average Bonchev–Trinajstić information content (AvgIpc) is 2.64.